The Morgan fingerprint density at radius 2 is 1.71 bits per heavy atom. The number of aromatic nitrogens is 1. The summed E-state index contributed by atoms with van der Waals surface area (Å²) in [4.78, 5) is 28.2. The fourth-order valence-corrected chi connectivity index (χ4v) is 2.16. The van der Waals surface area contributed by atoms with E-state index < -0.39 is 0 Å². The highest BCUT2D eigenvalue weighted by atomic mass is 16.3. The molecule has 6 nitrogen and oxygen atoms in total. The Morgan fingerprint density at radius 1 is 0.958 bits per heavy atom. The molecule has 3 aromatic rings. The molecule has 0 atom stereocenters. The van der Waals surface area contributed by atoms with Gasteiger partial charge in [-0.3, -0.25) is 14.6 Å². The molecule has 0 fully saturated rings. The average molecular weight is 321 g/mol. The Balaban J connectivity index is 1.66. The Labute approximate surface area is 138 Å². The maximum atomic E-state index is 12.1. The number of hydrogen-bond acceptors (Lipinski definition) is 4. The van der Waals surface area contributed by atoms with E-state index in [0.717, 1.165) is 0 Å². The van der Waals surface area contributed by atoms with Crippen LogP contribution in [-0.2, 0) is 0 Å². The molecule has 0 radical (unpaired) electrons. The van der Waals surface area contributed by atoms with E-state index >= 15 is 0 Å². The second kappa shape index (κ2) is 6.78. The van der Waals surface area contributed by atoms with Crippen LogP contribution in [0, 0.1) is 6.92 Å². The predicted molar refractivity (Wildman–Crippen MR) is 90.0 cm³/mol. The van der Waals surface area contributed by atoms with Gasteiger partial charge in [0.05, 0.1) is 23.7 Å². The summed E-state index contributed by atoms with van der Waals surface area (Å²) < 4.78 is 5.11. The van der Waals surface area contributed by atoms with E-state index in [1.54, 1.807) is 61.8 Å². The number of nitrogens with zero attached hydrogens (tertiary/aromatic N) is 1. The van der Waals surface area contributed by atoms with Crippen molar-refractivity contribution in [1.29, 1.82) is 0 Å². The van der Waals surface area contributed by atoms with E-state index in [1.807, 2.05) is 0 Å². The van der Waals surface area contributed by atoms with Gasteiger partial charge in [0.1, 0.15) is 5.76 Å². The van der Waals surface area contributed by atoms with Crippen LogP contribution < -0.4 is 10.6 Å². The zero-order valence-corrected chi connectivity index (χ0v) is 12.9. The molecule has 0 aliphatic heterocycles. The zero-order chi connectivity index (χ0) is 16.9. The van der Waals surface area contributed by atoms with Crippen molar-refractivity contribution in [1.82, 2.24) is 4.98 Å². The van der Waals surface area contributed by atoms with Gasteiger partial charge in [-0.1, -0.05) is 0 Å². The molecule has 120 valence electrons. The third-order valence-corrected chi connectivity index (χ3v) is 3.43. The Kier molecular flexibility index (Phi) is 4.38. The van der Waals surface area contributed by atoms with Crippen LogP contribution in [0.2, 0.25) is 0 Å². The highest BCUT2D eigenvalue weighted by Crippen LogP contribution is 2.15. The predicted octanol–water partition coefficient (Wildman–Crippen LogP) is 3.49. The Hall–Kier alpha value is -3.41. The normalized spacial score (nSPS) is 10.2. The second-order valence-corrected chi connectivity index (χ2v) is 5.12. The molecule has 0 aliphatic rings. The Morgan fingerprint density at radius 3 is 2.33 bits per heavy atom. The van der Waals surface area contributed by atoms with E-state index in [2.05, 4.69) is 15.6 Å². The number of aryl methyl sites for hydroxylation is 1. The second-order valence-electron chi connectivity index (χ2n) is 5.12. The number of hydrogen-bond donors (Lipinski definition) is 2. The lowest BCUT2D eigenvalue weighted by Crippen LogP contribution is -2.14. The standard InChI is InChI=1S/C18H15N3O3/c1-12-16(8-10-24-12)18(23)20-14-6-4-13(5-7-14)17(22)21-15-3-2-9-19-11-15/h2-11H,1H3,(H,20,23)(H,21,22). The lowest BCUT2D eigenvalue weighted by molar-refractivity contribution is 0.101. The molecule has 0 spiro atoms. The number of pyridine rings is 1. The van der Waals surface area contributed by atoms with E-state index in [4.69, 9.17) is 4.42 Å². The lowest BCUT2D eigenvalue weighted by atomic mass is 10.1. The van der Waals surface area contributed by atoms with Gasteiger partial charge in [0.15, 0.2) is 0 Å². The topological polar surface area (TPSA) is 84.2 Å². The van der Waals surface area contributed by atoms with E-state index in [1.165, 1.54) is 6.26 Å². The first-order chi connectivity index (χ1) is 11.6. The smallest absolute Gasteiger partial charge is 0.259 e. The quantitative estimate of drug-likeness (QED) is 0.770. The molecular weight excluding hydrogens is 306 g/mol. The van der Waals surface area contributed by atoms with Crippen molar-refractivity contribution in [2.45, 2.75) is 6.92 Å². The average Bonchev–Trinajstić information content (AvgIpc) is 3.02. The van der Waals surface area contributed by atoms with Crippen LogP contribution in [0.1, 0.15) is 26.5 Å². The molecule has 0 unspecified atom stereocenters. The van der Waals surface area contributed by atoms with Gasteiger partial charge in [-0.25, -0.2) is 0 Å². The van der Waals surface area contributed by atoms with E-state index in [-0.39, 0.29) is 11.8 Å². The largest absolute Gasteiger partial charge is 0.469 e. The first-order valence-electron chi connectivity index (χ1n) is 7.30. The molecule has 2 amide bonds. The summed E-state index contributed by atoms with van der Waals surface area (Å²) in [6, 6.07) is 11.7. The van der Waals surface area contributed by atoms with Crippen LogP contribution >= 0.6 is 0 Å². The maximum Gasteiger partial charge on any atom is 0.259 e. The van der Waals surface area contributed by atoms with Gasteiger partial charge in [0.2, 0.25) is 0 Å². The molecule has 0 saturated carbocycles. The van der Waals surface area contributed by atoms with Gasteiger partial charge in [-0.2, -0.15) is 0 Å². The van der Waals surface area contributed by atoms with Crippen LogP contribution in [0.25, 0.3) is 0 Å². The fourth-order valence-electron chi connectivity index (χ4n) is 2.16. The molecule has 24 heavy (non-hydrogen) atoms. The van der Waals surface area contributed by atoms with Crippen molar-refractivity contribution in [2.24, 2.45) is 0 Å². The fraction of sp³-hybridized carbons (Fsp3) is 0.0556. The lowest BCUT2D eigenvalue weighted by Gasteiger charge is -2.07. The van der Waals surface area contributed by atoms with Crippen LogP contribution in [0.3, 0.4) is 0 Å². The van der Waals surface area contributed by atoms with Gasteiger partial charge < -0.3 is 15.1 Å². The van der Waals surface area contributed by atoms with Gasteiger partial charge in [0, 0.05) is 17.4 Å². The van der Waals surface area contributed by atoms with Crippen LogP contribution in [0.5, 0.6) is 0 Å². The number of carbonyl (C=O) groups excluding carboxylic acids is 2. The van der Waals surface area contributed by atoms with Gasteiger partial charge in [0.25, 0.3) is 11.8 Å². The third kappa shape index (κ3) is 3.49. The van der Waals surface area contributed by atoms with Crippen molar-refractivity contribution < 1.29 is 14.0 Å². The molecule has 2 heterocycles. The van der Waals surface area contributed by atoms with Crippen LogP contribution in [-0.4, -0.2) is 16.8 Å². The minimum Gasteiger partial charge on any atom is -0.469 e. The van der Waals surface area contributed by atoms with E-state index in [0.29, 0.717) is 28.3 Å². The zero-order valence-electron chi connectivity index (χ0n) is 12.9. The van der Waals surface area contributed by atoms with Crippen molar-refractivity contribution in [3.63, 3.8) is 0 Å². The number of amides is 2. The van der Waals surface area contributed by atoms with Gasteiger partial charge >= 0.3 is 0 Å². The first kappa shape index (κ1) is 15.5. The minimum atomic E-state index is -0.256. The molecule has 3 rings (SSSR count). The number of furan rings is 1. The minimum absolute atomic E-state index is 0.244. The summed E-state index contributed by atoms with van der Waals surface area (Å²) in [6.45, 7) is 1.72. The van der Waals surface area contributed by atoms with Gasteiger partial charge in [-0.05, 0) is 49.4 Å². The first-order valence-corrected chi connectivity index (χ1v) is 7.30. The Bertz CT molecular complexity index is 855. The van der Waals surface area contributed by atoms with E-state index in [9.17, 15) is 9.59 Å². The molecular formula is C18H15N3O3. The number of anilines is 2. The number of benzene rings is 1. The monoisotopic (exact) mass is 321 g/mol. The molecule has 2 aromatic heterocycles. The SMILES string of the molecule is Cc1occc1C(=O)Nc1ccc(C(=O)Nc2cccnc2)cc1. The number of nitrogens with one attached hydrogen (secondary N) is 2. The number of carbonyl (C=O) groups is 2. The van der Waals surface area contributed by atoms with Crippen LogP contribution in [0.4, 0.5) is 11.4 Å². The van der Waals surface area contributed by atoms with Crippen LogP contribution in [0.15, 0.2) is 65.5 Å². The summed E-state index contributed by atoms with van der Waals surface area (Å²) in [5, 5.41) is 5.51. The van der Waals surface area contributed by atoms with Crippen molar-refractivity contribution in [3.05, 3.63) is 78.0 Å². The molecule has 1 aromatic carbocycles. The molecule has 0 aliphatic carbocycles. The summed E-state index contributed by atoms with van der Waals surface area (Å²) in [5.41, 5.74) is 2.18. The molecule has 0 saturated heterocycles. The summed E-state index contributed by atoms with van der Waals surface area (Å²) >= 11 is 0. The third-order valence-electron chi connectivity index (χ3n) is 3.43. The molecule has 6 heteroatoms. The van der Waals surface area contributed by atoms with Crippen molar-refractivity contribution in [3.8, 4) is 0 Å². The van der Waals surface area contributed by atoms with Crippen molar-refractivity contribution >= 4 is 23.2 Å². The molecule has 0 bridgehead atoms. The summed E-state index contributed by atoms with van der Waals surface area (Å²) in [5.74, 6) is 0.0559. The van der Waals surface area contributed by atoms with Crippen molar-refractivity contribution in [2.75, 3.05) is 10.6 Å². The highest BCUT2D eigenvalue weighted by Gasteiger charge is 2.12. The summed E-state index contributed by atoms with van der Waals surface area (Å²) in [6.07, 6.45) is 4.67. The number of rotatable bonds is 4. The molecule has 2 N–H and O–H groups in total. The van der Waals surface area contributed by atoms with Gasteiger partial charge in [-0.15, -0.1) is 0 Å². The summed E-state index contributed by atoms with van der Waals surface area (Å²) in [7, 11) is 0. The maximum absolute atomic E-state index is 12.1. The highest BCUT2D eigenvalue weighted by molar-refractivity contribution is 6.06.